The van der Waals surface area contributed by atoms with Crippen molar-refractivity contribution in [1.82, 2.24) is 19.7 Å². The molecular formula is C24H28N6O. The Kier molecular flexibility index (Phi) is 6.43. The van der Waals surface area contributed by atoms with Crippen LogP contribution in [0.15, 0.2) is 60.8 Å². The van der Waals surface area contributed by atoms with Crippen molar-refractivity contribution in [2.45, 2.75) is 33.3 Å². The van der Waals surface area contributed by atoms with Crippen molar-refractivity contribution in [2.24, 2.45) is 0 Å². The van der Waals surface area contributed by atoms with Crippen LogP contribution in [0.2, 0.25) is 0 Å². The Hall–Kier alpha value is -3.45. The molecule has 0 radical (unpaired) electrons. The van der Waals surface area contributed by atoms with Gasteiger partial charge in [-0.1, -0.05) is 35.9 Å². The standard InChI is InChI=1S/C24H28N6O/c1-17(2)31-15-7-14-25-24-28-22(27-19-12-10-18(3)11-13-19)21-16-26-30(23(21)29-24)20-8-5-4-6-9-20/h4-6,8-13,16-17H,7,14-15H2,1-3H3,(H2,25,27,28,29). The molecule has 7 heteroatoms. The highest BCUT2D eigenvalue weighted by Crippen LogP contribution is 2.27. The van der Waals surface area contributed by atoms with E-state index in [0.717, 1.165) is 41.2 Å². The van der Waals surface area contributed by atoms with E-state index in [2.05, 4.69) is 34.8 Å². The monoisotopic (exact) mass is 416 g/mol. The first kappa shape index (κ1) is 20.8. The summed E-state index contributed by atoms with van der Waals surface area (Å²) in [6.45, 7) is 7.57. The lowest BCUT2D eigenvalue weighted by atomic mass is 10.2. The van der Waals surface area contributed by atoms with Gasteiger partial charge in [0.05, 0.1) is 23.4 Å². The summed E-state index contributed by atoms with van der Waals surface area (Å²) in [5.41, 5.74) is 3.88. The van der Waals surface area contributed by atoms with Crippen molar-refractivity contribution in [1.29, 1.82) is 0 Å². The summed E-state index contributed by atoms with van der Waals surface area (Å²) in [5, 5.41) is 12.2. The predicted molar refractivity (Wildman–Crippen MR) is 125 cm³/mol. The Morgan fingerprint density at radius 2 is 1.77 bits per heavy atom. The largest absolute Gasteiger partial charge is 0.379 e. The molecule has 0 aliphatic carbocycles. The van der Waals surface area contributed by atoms with E-state index in [4.69, 9.17) is 14.7 Å². The maximum atomic E-state index is 5.62. The van der Waals surface area contributed by atoms with Gasteiger partial charge < -0.3 is 15.4 Å². The fourth-order valence-corrected chi connectivity index (χ4v) is 3.21. The van der Waals surface area contributed by atoms with Crippen LogP contribution >= 0.6 is 0 Å². The number of nitrogens with zero attached hydrogens (tertiary/aromatic N) is 4. The number of fused-ring (bicyclic) bond motifs is 1. The molecule has 2 aromatic carbocycles. The Bertz CT molecular complexity index is 1120. The molecule has 0 aliphatic rings. The van der Waals surface area contributed by atoms with Crippen LogP contribution in [-0.2, 0) is 4.74 Å². The third kappa shape index (κ3) is 5.19. The summed E-state index contributed by atoms with van der Waals surface area (Å²) in [4.78, 5) is 9.49. The minimum atomic E-state index is 0.234. The molecule has 0 spiro atoms. The predicted octanol–water partition coefficient (Wildman–Crippen LogP) is 5.09. The second kappa shape index (κ2) is 9.57. The number of aromatic nitrogens is 4. The van der Waals surface area contributed by atoms with E-state index in [-0.39, 0.29) is 6.10 Å². The molecule has 2 heterocycles. The minimum absolute atomic E-state index is 0.234. The molecule has 0 atom stereocenters. The quantitative estimate of drug-likeness (QED) is 0.370. The van der Waals surface area contributed by atoms with Crippen LogP contribution < -0.4 is 10.6 Å². The van der Waals surface area contributed by atoms with E-state index < -0.39 is 0 Å². The van der Waals surface area contributed by atoms with Gasteiger partial charge in [-0.25, -0.2) is 4.68 Å². The van der Waals surface area contributed by atoms with Gasteiger partial charge in [0.1, 0.15) is 5.82 Å². The van der Waals surface area contributed by atoms with Crippen molar-refractivity contribution in [3.63, 3.8) is 0 Å². The van der Waals surface area contributed by atoms with Gasteiger partial charge in [-0.3, -0.25) is 0 Å². The highest BCUT2D eigenvalue weighted by atomic mass is 16.5. The number of ether oxygens (including phenoxy) is 1. The van der Waals surface area contributed by atoms with Crippen LogP contribution in [0.1, 0.15) is 25.8 Å². The number of benzene rings is 2. The average molecular weight is 417 g/mol. The molecular weight excluding hydrogens is 388 g/mol. The molecule has 31 heavy (non-hydrogen) atoms. The molecule has 0 saturated carbocycles. The summed E-state index contributed by atoms with van der Waals surface area (Å²) in [5.74, 6) is 1.28. The number of aryl methyl sites for hydroxylation is 1. The molecule has 0 fully saturated rings. The molecule has 0 amide bonds. The number of nitrogens with one attached hydrogen (secondary N) is 2. The van der Waals surface area contributed by atoms with Crippen LogP contribution in [0.5, 0.6) is 0 Å². The zero-order chi connectivity index (χ0) is 21.6. The minimum Gasteiger partial charge on any atom is -0.379 e. The maximum Gasteiger partial charge on any atom is 0.226 e. The molecule has 0 unspecified atom stereocenters. The first-order chi connectivity index (χ1) is 15.1. The lowest BCUT2D eigenvalue weighted by molar-refractivity contribution is 0.0787. The van der Waals surface area contributed by atoms with Gasteiger partial charge in [-0.05, 0) is 51.5 Å². The van der Waals surface area contributed by atoms with Crippen LogP contribution in [0.4, 0.5) is 17.5 Å². The molecule has 4 rings (SSSR count). The SMILES string of the molecule is Cc1ccc(Nc2nc(NCCCOC(C)C)nc3c2cnn3-c2ccccc2)cc1. The number of para-hydroxylation sites is 1. The van der Waals surface area contributed by atoms with Crippen molar-refractivity contribution in [3.05, 3.63) is 66.4 Å². The smallest absolute Gasteiger partial charge is 0.226 e. The van der Waals surface area contributed by atoms with Gasteiger partial charge in [0.2, 0.25) is 5.95 Å². The first-order valence-electron chi connectivity index (χ1n) is 10.6. The topological polar surface area (TPSA) is 76.9 Å². The second-order valence-corrected chi connectivity index (χ2v) is 7.72. The Balaban J connectivity index is 1.65. The van der Waals surface area contributed by atoms with E-state index >= 15 is 0 Å². The number of rotatable bonds is 9. The molecule has 2 aromatic heterocycles. The van der Waals surface area contributed by atoms with Crippen LogP contribution in [0, 0.1) is 6.92 Å². The fourth-order valence-electron chi connectivity index (χ4n) is 3.21. The Morgan fingerprint density at radius 3 is 2.52 bits per heavy atom. The van der Waals surface area contributed by atoms with Crippen molar-refractivity contribution < 1.29 is 4.74 Å². The van der Waals surface area contributed by atoms with Crippen molar-refractivity contribution in [2.75, 3.05) is 23.8 Å². The molecule has 0 saturated heterocycles. The van der Waals surface area contributed by atoms with E-state index in [1.54, 1.807) is 6.20 Å². The molecule has 2 N–H and O–H groups in total. The summed E-state index contributed by atoms with van der Waals surface area (Å²) < 4.78 is 7.46. The summed E-state index contributed by atoms with van der Waals surface area (Å²) in [7, 11) is 0. The Labute approximate surface area is 182 Å². The zero-order valence-electron chi connectivity index (χ0n) is 18.2. The van der Waals surface area contributed by atoms with Crippen LogP contribution in [0.3, 0.4) is 0 Å². The van der Waals surface area contributed by atoms with Gasteiger partial charge in [-0.2, -0.15) is 15.1 Å². The van der Waals surface area contributed by atoms with Gasteiger partial charge in [0.25, 0.3) is 0 Å². The molecule has 160 valence electrons. The first-order valence-corrected chi connectivity index (χ1v) is 10.6. The van der Waals surface area contributed by atoms with Gasteiger partial charge in [-0.15, -0.1) is 0 Å². The number of anilines is 3. The van der Waals surface area contributed by atoms with Gasteiger partial charge >= 0.3 is 0 Å². The summed E-state index contributed by atoms with van der Waals surface area (Å²) in [6.07, 6.45) is 2.91. The van der Waals surface area contributed by atoms with Crippen LogP contribution in [-0.4, -0.2) is 39.0 Å². The van der Waals surface area contributed by atoms with E-state index in [1.165, 1.54) is 5.56 Å². The summed E-state index contributed by atoms with van der Waals surface area (Å²) >= 11 is 0. The summed E-state index contributed by atoms with van der Waals surface area (Å²) in [6, 6.07) is 18.2. The zero-order valence-corrected chi connectivity index (χ0v) is 18.2. The van der Waals surface area contributed by atoms with Crippen molar-refractivity contribution >= 4 is 28.5 Å². The van der Waals surface area contributed by atoms with Gasteiger partial charge in [0.15, 0.2) is 5.65 Å². The van der Waals surface area contributed by atoms with E-state index in [1.807, 2.05) is 61.0 Å². The third-order valence-electron chi connectivity index (χ3n) is 4.80. The lowest BCUT2D eigenvalue weighted by Gasteiger charge is -2.12. The average Bonchev–Trinajstić information content (AvgIpc) is 3.20. The highest BCUT2D eigenvalue weighted by molar-refractivity contribution is 5.90. The highest BCUT2D eigenvalue weighted by Gasteiger charge is 2.14. The number of hydrogen-bond donors (Lipinski definition) is 2. The van der Waals surface area contributed by atoms with Crippen molar-refractivity contribution in [3.8, 4) is 5.69 Å². The third-order valence-corrected chi connectivity index (χ3v) is 4.80. The maximum absolute atomic E-state index is 5.62. The van der Waals surface area contributed by atoms with E-state index in [9.17, 15) is 0 Å². The Morgan fingerprint density at radius 1 is 1.00 bits per heavy atom. The normalized spacial score (nSPS) is 11.2. The molecule has 0 bridgehead atoms. The second-order valence-electron chi connectivity index (χ2n) is 7.72. The molecule has 0 aliphatic heterocycles. The van der Waals surface area contributed by atoms with Gasteiger partial charge in [0, 0.05) is 18.8 Å². The number of hydrogen-bond acceptors (Lipinski definition) is 6. The lowest BCUT2D eigenvalue weighted by Crippen LogP contribution is -2.12. The molecule has 4 aromatic rings. The molecule has 7 nitrogen and oxygen atoms in total. The fraction of sp³-hybridized carbons (Fsp3) is 0.292. The van der Waals surface area contributed by atoms with E-state index in [0.29, 0.717) is 12.6 Å². The van der Waals surface area contributed by atoms with Crippen LogP contribution in [0.25, 0.3) is 16.7 Å².